The van der Waals surface area contributed by atoms with Crippen LogP contribution >= 0.6 is 0 Å². The molecule has 0 bridgehead atoms. The van der Waals surface area contributed by atoms with E-state index in [9.17, 15) is 0 Å². The van der Waals surface area contributed by atoms with E-state index in [1.54, 1.807) is 7.11 Å². The number of nitrogens with two attached hydrogens (primary N) is 1. The lowest BCUT2D eigenvalue weighted by atomic mass is 9.77. The average Bonchev–Trinajstić information content (AvgIpc) is 2.39. The zero-order chi connectivity index (χ0) is 14.0. The highest BCUT2D eigenvalue weighted by Crippen LogP contribution is 2.37. The van der Waals surface area contributed by atoms with Crippen molar-refractivity contribution < 1.29 is 4.74 Å². The number of piperidine rings is 1. The van der Waals surface area contributed by atoms with Crippen LogP contribution in [-0.2, 0) is 0 Å². The average molecular weight is 262 g/mol. The van der Waals surface area contributed by atoms with Gasteiger partial charge in [-0.15, -0.1) is 0 Å². The van der Waals surface area contributed by atoms with Crippen molar-refractivity contribution in [2.45, 2.75) is 26.2 Å². The zero-order valence-corrected chi connectivity index (χ0v) is 12.6. The molecule has 1 saturated heterocycles. The fourth-order valence-corrected chi connectivity index (χ4v) is 3.47. The Bertz CT molecular complexity index is 421. The van der Waals surface area contributed by atoms with E-state index < -0.39 is 0 Å². The second-order valence-corrected chi connectivity index (χ2v) is 5.83. The van der Waals surface area contributed by atoms with Gasteiger partial charge in [0.2, 0.25) is 0 Å². The normalized spacial score (nSPS) is 24.5. The Hall–Kier alpha value is -1.06. The van der Waals surface area contributed by atoms with E-state index in [-0.39, 0.29) is 0 Å². The van der Waals surface area contributed by atoms with Crippen molar-refractivity contribution in [1.82, 2.24) is 4.90 Å². The summed E-state index contributed by atoms with van der Waals surface area (Å²) in [5.41, 5.74) is 10.2. The Balaban J connectivity index is 2.35. The summed E-state index contributed by atoms with van der Waals surface area (Å²) in [6, 6.07) is 4.29. The summed E-state index contributed by atoms with van der Waals surface area (Å²) < 4.78 is 5.36. The highest BCUT2D eigenvalue weighted by molar-refractivity contribution is 5.43. The number of nitrogens with zero attached hydrogens (tertiary/aromatic N) is 1. The molecule has 2 rings (SSSR count). The smallest absolute Gasteiger partial charge is 0.119 e. The molecule has 1 aliphatic heterocycles. The van der Waals surface area contributed by atoms with Gasteiger partial charge in [0.1, 0.15) is 5.75 Å². The molecule has 1 aromatic carbocycles. The minimum Gasteiger partial charge on any atom is -0.497 e. The van der Waals surface area contributed by atoms with Crippen molar-refractivity contribution in [1.29, 1.82) is 0 Å². The van der Waals surface area contributed by atoms with E-state index in [1.807, 2.05) is 0 Å². The first-order valence-corrected chi connectivity index (χ1v) is 7.10. The van der Waals surface area contributed by atoms with Gasteiger partial charge in [-0.1, -0.05) is 0 Å². The van der Waals surface area contributed by atoms with Crippen molar-refractivity contribution in [3.05, 3.63) is 28.8 Å². The molecule has 3 nitrogen and oxygen atoms in total. The Morgan fingerprint density at radius 2 is 1.95 bits per heavy atom. The van der Waals surface area contributed by atoms with Crippen LogP contribution in [0.15, 0.2) is 12.1 Å². The monoisotopic (exact) mass is 262 g/mol. The van der Waals surface area contributed by atoms with Gasteiger partial charge in [-0.05, 0) is 81.1 Å². The number of rotatable bonds is 3. The molecular formula is C16H26N2O. The molecule has 1 aromatic rings. The first-order chi connectivity index (χ1) is 9.06. The minimum atomic E-state index is 0.560. The second kappa shape index (κ2) is 5.93. The van der Waals surface area contributed by atoms with Crippen molar-refractivity contribution >= 4 is 0 Å². The standard InChI is InChI=1S/C16H26N2O/c1-11-7-14(19-4)8-12(2)16(11)15-5-6-18(3)10-13(15)9-17/h7-8,13,15H,5-6,9-10,17H2,1-4H3. The summed E-state index contributed by atoms with van der Waals surface area (Å²) in [5, 5.41) is 0. The molecule has 0 aliphatic carbocycles. The van der Waals surface area contributed by atoms with Gasteiger partial charge in [0.15, 0.2) is 0 Å². The van der Waals surface area contributed by atoms with Crippen molar-refractivity contribution in [3.8, 4) is 5.75 Å². The third-order valence-corrected chi connectivity index (χ3v) is 4.41. The first kappa shape index (κ1) is 14.4. The Labute approximate surface area is 116 Å². The summed E-state index contributed by atoms with van der Waals surface area (Å²) in [6.07, 6.45) is 1.20. The molecule has 106 valence electrons. The van der Waals surface area contributed by atoms with E-state index in [2.05, 4.69) is 37.9 Å². The highest BCUT2D eigenvalue weighted by Gasteiger charge is 2.30. The number of hydrogen-bond donors (Lipinski definition) is 1. The fraction of sp³-hybridized carbons (Fsp3) is 0.625. The maximum absolute atomic E-state index is 6.00. The summed E-state index contributed by atoms with van der Waals surface area (Å²) >= 11 is 0. The van der Waals surface area contributed by atoms with Crippen LogP contribution in [0.1, 0.15) is 29.0 Å². The third-order valence-electron chi connectivity index (χ3n) is 4.41. The molecule has 2 unspecified atom stereocenters. The van der Waals surface area contributed by atoms with Crippen LogP contribution in [0.5, 0.6) is 5.75 Å². The molecule has 1 heterocycles. The molecule has 19 heavy (non-hydrogen) atoms. The molecule has 0 aromatic heterocycles. The molecule has 0 amide bonds. The summed E-state index contributed by atoms with van der Waals surface area (Å²) in [4.78, 5) is 2.39. The van der Waals surface area contributed by atoms with Crippen LogP contribution in [0, 0.1) is 19.8 Å². The molecule has 1 aliphatic rings. The predicted molar refractivity (Wildman–Crippen MR) is 79.9 cm³/mol. The van der Waals surface area contributed by atoms with E-state index in [4.69, 9.17) is 10.5 Å². The Morgan fingerprint density at radius 1 is 1.32 bits per heavy atom. The molecule has 0 spiro atoms. The van der Waals surface area contributed by atoms with Crippen molar-refractivity contribution in [3.63, 3.8) is 0 Å². The van der Waals surface area contributed by atoms with Gasteiger partial charge in [-0.2, -0.15) is 0 Å². The van der Waals surface area contributed by atoms with Crippen LogP contribution in [0.4, 0.5) is 0 Å². The van der Waals surface area contributed by atoms with Crippen molar-refractivity contribution in [2.24, 2.45) is 11.7 Å². The van der Waals surface area contributed by atoms with Gasteiger partial charge >= 0.3 is 0 Å². The van der Waals surface area contributed by atoms with Gasteiger partial charge in [0.05, 0.1) is 7.11 Å². The van der Waals surface area contributed by atoms with Gasteiger partial charge < -0.3 is 15.4 Å². The van der Waals surface area contributed by atoms with E-state index >= 15 is 0 Å². The van der Waals surface area contributed by atoms with Crippen LogP contribution < -0.4 is 10.5 Å². The van der Waals surface area contributed by atoms with Crippen LogP contribution in [0.2, 0.25) is 0 Å². The predicted octanol–water partition coefficient (Wildman–Crippen LogP) is 2.31. The number of likely N-dealkylation sites (tertiary alicyclic amines) is 1. The number of ether oxygens (including phenoxy) is 1. The number of hydrogen-bond acceptors (Lipinski definition) is 3. The first-order valence-electron chi connectivity index (χ1n) is 7.10. The quantitative estimate of drug-likeness (QED) is 0.908. The van der Waals surface area contributed by atoms with Crippen LogP contribution in [0.25, 0.3) is 0 Å². The van der Waals surface area contributed by atoms with Crippen molar-refractivity contribution in [2.75, 3.05) is 33.8 Å². The molecule has 0 radical (unpaired) electrons. The van der Waals surface area contributed by atoms with Gasteiger partial charge in [0.25, 0.3) is 0 Å². The summed E-state index contributed by atoms with van der Waals surface area (Å²) in [6.45, 7) is 7.41. The van der Waals surface area contributed by atoms with Gasteiger partial charge in [-0.3, -0.25) is 0 Å². The Morgan fingerprint density at radius 3 is 2.47 bits per heavy atom. The van der Waals surface area contributed by atoms with Gasteiger partial charge in [0, 0.05) is 6.54 Å². The molecular weight excluding hydrogens is 236 g/mol. The molecule has 3 heteroatoms. The Kier molecular flexibility index (Phi) is 4.48. The van der Waals surface area contributed by atoms with E-state index in [0.717, 1.165) is 25.4 Å². The zero-order valence-electron chi connectivity index (χ0n) is 12.6. The lowest BCUT2D eigenvalue weighted by molar-refractivity contribution is 0.187. The maximum atomic E-state index is 6.00. The third kappa shape index (κ3) is 2.93. The SMILES string of the molecule is COc1cc(C)c(C2CCN(C)CC2CN)c(C)c1. The highest BCUT2D eigenvalue weighted by atomic mass is 16.5. The second-order valence-electron chi connectivity index (χ2n) is 5.83. The maximum Gasteiger partial charge on any atom is 0.119 e. The topological polar surface area (TPSA) is 38.5 Å². The molecule has 1 fully saturated rings. The summed E-state index contributed by atoms with van der Waals surface area (Å²) in [7, 11) is 3.92. The number of aryl methyl sites for hydroxylation is 2. The van der Waals surface area contributed by atoms with Crippen LogP contribution in [-0.4, -0.2) is 38.7 Å². The molecule has 2 atom stereocenters. The number of methoxy groups -OCH3 is 1. The van der Waals surface area contributed by atoms with Crippen LogP contribution in [0.3, 0.4) is 0 Å². The van der Waals surface area contributed by atoms with E-state index in [1.165, 1.54) is 23.1 Å². The minimum absolute atomic E-state index is 0.560. The largest absolute Gasteiger partial charge is 0.497 e. The number of benzene rings is 1. The fourth-order valence-electron chi connectivity index (χ4n) is 3.47. The lowest BCUT2D eigenvalue weighted by Crippen LogP contribution is -2.40. The van der Waals surface area contributed by atoms with E-state index in [0.29, 0.717) is 11.8 Å². The summed E-state index contributed by atoms with van der Waals surface area (Å²) in [5.74, 6) is 2.10. The molecule has 2 N–H and O–H groups in total. The molecule has 0 saturated carbocycles. The van der Waals surface area contributed by atoms with Gasteiger partial charge in [-0.25, -0.2) is 0 Å². The lowest BCUT2D eigenvalue weighted by Gasteiger charge is -2.38.